The Labute approximate surface area is 176 Å². The molecule has 0 radical (unpaired) electrons. The van der Waals surface area contributed by atoms with Gasteiger partial charge < -0.3 is 9.80 Å². The van der Waals surface area contributed by atoms with E-state index in [0.717, 1.165) is 63.9 Å². The van der Waals surface area contributed by atoms with Gasteiger partial charge in [-0.05, 0) is 56.9 Å². The number of nitrogens with zero attached hydrogens (tertiary/aromatic N) is 4. The molecule has 4 rings (SSSR count). The number of hydrogen-bond donors (Lipinski definition) is 0. The number of hydrogen-bond acceptors (Lipinski definition) is 4. The van der Waals surface area contributed by atoms with E-state index in [9.17, 15) is 4.79 Å². The molecule has 3 aliphatic rings. The molecule has 28 heavy (non-hydrogen) atoms. The summed E-state index contributed by atoms with van der Waals surface area (Å²) in [7, 11) is 0. The number of aromatic nitrogens is 1. The number of carbonyl (C=O) groups excluding carboxylic acids is 1. The first-order valence-corrected chi connectivity index (χ1v) is 11.0. The van der Waals surface area contributed by atoms with Gasteiger partial charge in [0.1, 0.15) is 5.82 Å². The van der Waals surface area contributed by atoms with Gasteiger partial charge >= 0.3 is 0 Å². The predicted octanol–water partition coefficient (Wildman–Crippen LogP) is 4.68. The molecule has 0 unspecified atom stereocenters. The average molecular weight is 421 g/mol. The molecule has 3 fully saturated rings. The largest absolute Gasteiger partial charge is 0.354 e. The van der Waals surface area contributed by atoms with E-state index in [0.29, 0.717) is 40.9 Å². The fraction of sp³-hybridized carbons (Fsp3) is 0.667. The van der Waals surface area contributed by atoms with E-state index in [1.165, 1.54) is 0 Å². The minimum absolute atomic E-state index is 0.311. The quantitative estimate of drug-likeness (QED) is 0.711. The standard InChI is InChI=1S/C21H26Cl2N4O/c22-16-12-18(23)19(25-13-16)26-10-1-7-21(14-26)8-11-27(20(21)28)17-4-2-15(3-5-17)6-9-24/h12-13,15,17H,1-8,10-11,14H2/t15?,17?,21-/m1/s1. The molecule has 0 bridgehead atoms. The first-order chi connectivity index (χ1) is 13.5. The summed E-state index contributed by atoms with van der Waals surface area (Å²) in [4.78, 5) is 22.2. The zero-order valence-electron chi connectivity index (χ0n) is 16.0. The maximum Gasteiger partial charge on any atom is 0.230 e. The smallest absolute Gasteiger partial charge is 0.230 e. The fourth-order valence-electron chi connectivity index (χ4n) is 5.32. The second-order valence-corrected chi connectivity index (χ2v) is 9.39. The molecule has 1 atom stereocenters. The molecule has 5 nitrogen and oxygen atoms in total. The summed E-state index contributed by atoms with van der Waals surface area (Å²) >= 11 is 12.4. The molecule has 7 heteroatoms. The van der Waals surface area contributed by atoms with Gasteiger partial charge in [-0.3, -0.25) is 4.79 Å². The van der Waals surface area contributed by atoms with E-state index >= 15 is 0 Å². The van der Waals surface area contributed by atoms with Crippen molar-refractivity contribution in [3.63, 3.8) is 0 Å². The molecule has 0 N–H and O–H groups in total. The molecule has 3 heterocycles. The number of likely N-dealkylation sites (tertiary alicyclic amines) is 1. The third kappa shape index (κ3) is 3.69. The molecule has 1 spiro atoms. The molecule has 1 aromatic heterocycles. The van der Waals surface area contributed by atoms with Crippen LogP contribution < -0.4 is 4.90 Å². The second-order valence-electron chi connectivity index (χ2n) is 8.55. The third-order valence-corrected chi connectivity index (χ3v) is 7.33. The Balaban J connectivity index is 1.45. The summed E-state index contributed by atoms with van der Waals surface area (Å²) in [5, 5.41) is 9.98. The van der Waals surface area contributed by atoms with Crippen molar-refractivity contribution in [3.8, 4) is 6.07 Å². The van der Waals surface area contributed by atoms with Crippen LogP contribution in [0.1, 0.15) is 51.4 Å². The fourth-order valence-corrected chi connectivity index (χ4v) is 5.82. The summed E-state index contributed by atoms with van der Waals surface area (Å²) < 4.78 is 0. The SMILES string of the molecule is N#CCC1CCC(N2CC[C@@]3(CCCN(c4ncc(Cl)cc4Cl)C3)C2=O)CC1. The van der Waals surface area contributed by atoms with Crippen LogP contribution in [0.15, 0.2) is 12.3 Å². The van der Waals surface area contributed by atoms with Gasteiger partial charge in [-0.2, -0.15) is 5.26 Å². The lowest BCUT2D eigenvalue weighted by Crippen LogP contribution is -2.50. The molecular weight excluding hydrogens is 395 g/mol. The second kappa shape index (κ2) is 8.08. The van der Waals surface area contributed by atoms with Crippen LogP contribution in [0.4, 0.5) is 5.82 Å². The zero-order chi connectivity index (χ0) is 19.7. The average Bonchev–Trinajstić information content (AvgIpc) is 2.99. The van der Waals surface area contributed by atoms with Gasteiger partial charge in [0.2, 0.25) is 5.91 Å². The first-order valence-electron chi connectivity index (χ1n) is 10.3. The highest BCUT2D eigenvalue weighted by molar-refractivity contribution is 6.36. The molecule has 0 aromatic carbocycles. The number of piperidine rings is 1. The lowest BCUT2D eigenvalue weighted by Gasteiger charge is -2.41. The number of nitriles is 1. The normalized spacial score (nSPS) is 30.7. The minimum atomic E-state index is -0.313. The number of anilines is 1. The molecule has 2 aliphatic heterocycles. The number of carbonyl (C=O) groups is 1. The molecule has 1 amide bonds. The summed E-state index contributed by atoms with van der Waals surface area (Å²) in [6, 6.07) is 4.35. The van der Waals surface area contributed by atoms with E-state index in [1.807, 2.05) is 0 Å². The minimum Gasteiger partial charge on any atom is -0.354 e. The Hall–Kier alpha value is -1.51. The predicted molar refractivity (Wildman–Crippen MR) is 110 cm³/mol. The van der Waals surface area contributed by atoms with Crippen LogP contribution in [0.25, 0.3) is 0 Å². The third-order valence-electron chi connectivity index (χ3n) is 6.85. The molecular formula is C21H26Cl2N4O. The van der Waals surface area contributed by atoms with Crippen molar-refractivity contribution < 1.29 is 4.79 Å². The van der Waals surface area contributed by atoms with Crippen LogP contribution in [0.3, 0.4) is 0 Å². The van der Waals surface area contributed by atoms with Crippen molar-refractivity contribution in [3.05, 3.63) is 22.3 Å². The van der Waals surface area contributed by atoms with Crippen molar-refractivity contribution in [2.75, 3.05) is 24.5 Å². The molecule has 1 aliphatic carbocycles. The maximum atomic E-state index is 13.5. The van der Waals surface area contributed by atoms with E-state index in [-0.39, 0.29) is 5.41 Å². The number of halogens is 2. The summed E-state index contributed by atoms with van der Waals surface area (Å²) in [6.07, 6.45) is 9.26. The van der Waals surface area contributed by atoms with Crippen molar-refractivity contribution in [1.82, 2.24) is 9.88 Å². The Morgan fingerprint density at radius 2 is 2.00 bits per heavy atom. The van der Waals surface area contributed by atoms with Crippen LogP contribution >= 0.6 is 23.2 Å². The Kier molecular flexibility index (Phi) is 5.71. The highest BCUT2D eigenvalue weighted by Gasteiger charge is 2.51. The highest BCUT2D eigenvalue weighted by atomic mass is 35.5. The van der Waals surface area contributed by atoms with Crippen LogP contribution in [-0.4, -0.2) is 41.5 Å². The van der Waals surface area contributed by atoms with Crippen LogP contribution in [0.5, 0.6) is 0 Å². The van der Waals surface area contributed by atoms with Crippen molar-refractivity contribution in [2.45, 2.75) is 57.4 Å². The van der Waals surface area contributed by atoms with Crippen LogP contribution in [0.2, 0.25) is 10.0 Å². The highest BCUT2D eigenvalue weighted by Crippen LogP contribution is 2.44. The van der Waals surface area contributed by atoms with Crippen molar-refractivity contribution in [2.24, 2.45) is 11.3 Å². The van der Waals surface area contributed by atoms with Gasteiger partial charge in [0.25, 0.3) is 0 Å². The Morgan fingerprint density at radius 1 is 1.21 bits per heavy atom. The van der Waals surface area contributed by atoms with Crippen molar-refractivity contribution in [1.29, 1.82) is 5.26 Å². The van der Waals surface area contributed by atoms with Gasteiger partial charge in [-0.15, -0.1) is 0 Å². The summed E-state index contributed by atoms with van der Waals surface area (Å²) in [5.74, 6) is 1.55. The molecule has 1 aromatic rings. The lowest BCUT2D eigenvalue weighted by molar-refractivity contribution is -0.139. The molecule has 2 saturated heterocycles. The van der Waals surface area contributed by atoms with E-state index < -0.39 is 0 Å². The van der Waals surface area contributed by atoms with Gasteiger partial charge in [-0.25, -0.2) is 4.98 Å². The lowest BCUT2D eigenvalue weighted by atomic mass is 9.78. The van der Waals surface area contributed by atoms with E-state index in [2.05, 4.69) is 20.9 Å². The molecule has 150 valence electrons. The van der Waals surface area contributed by atoms with E-state index in [1.54, 1.807) is 12.3 Å². The number of pyridine rings is 1. The molecule has 1 saturated carbocycles. The van der Waals surface area contributed by atoms with Gasteiger partial charge in [0.05, 0.1) is 21.5 Å². The zero-order valence-corrected chi connectivity index (χ0v) is 17.6. The first kappa shape index (κ1) is 19.8. The van der Waals surface area contributed by atoms with Gasteiger partial charge in [0.15, 0.2) is 0 Å². The number of amides is 1. The van der Waals surface area contributed by atoms with E-state index in [4.69, 9.17) is 28.5 Å². The summed E-state index contributed by atoms with van der Waals surface area (Å²) in [5.41, 5.74) is -0.313. The maximum absolute atomic E-state index is 13.5. The topological polar surface area (TPSA) is 60.2 Å². The monoisotopic (exact) mass is 420 g/mol. The Morgan fingerprint density at radius 3 is 2.71 bits per heavy atom. The van der Waals surface area contributed by atoms with Crippen molar-refractivity contribution >= 4 is 34.9 Å². The van der Waals surface area contributed by atoms with Gasteiger partial charge in [-0.1, -0.05) is 23.2 Å². The Bertz CT molecular complexity index is 787. The van der Waals surface area contributed by atoms with Gasteiger partial charge in [0, 0.05) is 38.3 Å². The summed E-state index contributed by atoms with van der Waals surface area (Å²) in [6.45, 7) is 2.39. The number of rotatable bonds is 3. The van der Waals surface area contributed by atoms with Crippen LogP contribution in [0, 0.1) is 22.7 Å². The van der Waals surface area contributed by atoms with Crippen LogP contribution in [-0.2, 0) is 4.79 Å².